The van der Waals surface area contributed by atoms with E-state index in [9.17, 15) is 25.2 Å². The number of carbonyl (C=O) groups excluding carboxylic acids is 1. The Kier molecular flexibility index (Phi) is 31.7. The average Bonchev–Trinajstić information content (AvgIpc) is 3.01. The highest BCUT2D eigenvalue weighted by molar-refractivity contribution is 5.80. The van der Waals surface area contributed by atoms with E-state index in [2.05, 4.69) is 31.3 Å². The summed E-state index contributed by atoms with van der Waals surface area (Å²) in [6.45, 7) is 3.97. The summed E-state index contributed by atoms with van der Waals surface area (Å²) in [6, 6.07) is -0.994. The number of hydrogen-bond donors (Lipinski definition) is 5. The van der Waals surface area contributed by atoms with Crippen molar-refractivity contribution < 1.29 is 25.2 Å². The third kappa shape index (κ3) is 27.1. The standard InChI is InChI=1S/C37H73NO5/c1-3-5-7-9-11-13-14-15-16-17-18-19-20-21-22-23-25-27-29-31-35(41)37(43)38-33(32-39)36(42)34(40)30-28-26-24-12-10-8-6-4-2/h12,24,33-36,39-42H,3-11,13-23,25-32H2,1-2H3,(H,38,43)/b24-12+. The van der Waals surface area contributed by atoms with Crippen LogP contribution in [0.25, 0.3) is 0 Å². The molecule has 0 radical (unpaired) electrons. The Hall–Kier alpha value is -0.950. The van der Waals surface area contributed by atoms with Gasteiger partial charge in [0.15, 0.2) is 0 Å². The molecule has 0 aromatic carbocycles. The van der Waals surface area contributed by atoms with Crippen LogP contribution in [0.1, 0.15) is 187 Å². The zero-order valence-corrected chi connectivity index (χ0v) is 28.5. The highest BCUT2D eigenvalue weighted by atomic mass is 16.3. The van der Waals surface area contributed by atoms with E-state index < -0.39 is 36.9 Å². The van der Waals surface area contributed by atoms with Crippen molar-refractivity contribution in [2.45, 2.75) is 212 Å². The molecule has 0 saturated heterocycles. The number of rotatable bonds is 33. The van der Waals surface area contributed by atoms with Crippen LogP contribution in [0.2, 0.25) is 0 Å². The van der Waals surface area contributed by atoms with E-state index in [-0.39, 0.29) is 0 Å². The van der Waals surface area contributed by atoms with Crippen molar-refractivity contribution in [2.75, 3.05) is 6.61 Å². The molecular formula is C37H73NO5. The van der Waals surface area contributed by atoms with E-state index in [1.807, 2.05) is 0 Å². The SMILES string of the molecule is CCCCC/C=C/CCCC(O)C(O)C(CO)NC(=O)C(O)CCCCCCCCCCCCCCCCCCCCC. The molecule has 6 nitrogen and oxygen atoms in total. The number of aliphatic hydroxyl groups excluding tert-OH is 4. The first-order valence-corrected chi connectivity index (χ1v) is 18.6. The van der Waals surface area contributed by atoms with Crippen LogP contribution in [-0.4, -0.2) is 57.3 Å². The van der Waals surface area contributed by atoms with E-state index in [0.717, 1.165) is 38.5 Å². The highest BCUT2D eigenvalue weighted by Gasteiger charge is 2.28. The van der Waals surface area contributed by atoms with Gasteiger partial charge in [-0.1, -0.05) is 161 Å². The molecule has 0 aromatic heterocycles. The molecule has 256 valence electrons. The molecule has 0 fully saturated rings. The molecule has 0 bridgehead atoms. The fourth-order valence-electron chi connectivity index (χ4n) is 5.70. The van der Waals surface area contributed by atoms with Crippen molar-refractivity contribution in [1.29, 1.82) is 0 Å². The molecular weight excluding hydrogens is 538 g/mol. The fraction of sp³-hybridized carbons (Fsp3) is 0.919. The van der Waals surface area contributed by atoms with Gasteiger partial charge in [-0.3, -0.25) is 4.79 Å². The average molecular weight is 612 g/mol. The first-order chi connectivity index (χ1) is 21.0. The number of carbonyl (C=O) groups is 1. The predicted octanol–water partition coefficient (Wildman–Crippen LogP) is 8.67. The molecule has 4 atom stereocenters. The molecule has 0 spiro atoms. The molecule has 0 aromatic rings. The van der Waals surface area contributed by atoms with Crippen molar-refractivity contribution in [2.24, 2.45) is 0 Å². The van der Waals surface area contributed by atoms with Crippen LogP contribution in [0.15, 0.2) is 12.2 Å². The molecule has 5 N–H and O–H groups in total. The van der Waals surface area contributed by atoms with Crippen LogP contribution in [0, 0.1) is 0 Å². The minimum Gasteiger partial charge on any atom is -0.394 e. The Morgan fingerprint density at radius 2 is 0.953 bits per heavy atom. The van der Waals surface area contributed by atoms with Crippen molar-refractivity contribution in [1.82, 2.24) is 5.32 Å². The molecule has 0 aliphatic carbocycles. The maximum atomic E-state index is 12.4. The van der Waals surface area contributed by atoms with Gasteiger partial charge in [-0.25, -0.2) is 0 Å². The number of amides is 1. The molecule has 0 aliphatic heterocycles. The Morgan fingerprint density at radius 3 is 1.40 bits per heavy atom. The van der Waals surface area contributed by atoms with Crippen molar-refractivity contribution in [3.63, 3.8) is 0 Å². The molecule has 0 rings (SSSR count). The number of nitrogens with one attached hydrogen (secondary N) is 1. The number of hydrogen-bond acceptors (Lipinski definition) is 5. The van der Waals surface area contributed by atoms with Gasteiger partial charge in [0.05, 0.1) is 18.8 Å². The van der Waals surface area contributed by atoms with Crippen molar-refractivity contribution >= 4 is 5.91 Å². The van der Waals surface area contributed by atoms with Gasteiger partial charge >= 0.3 is 0 Å². The van der Waals surface area contributed by atoms with E-state index in [4.69, 9.17) is 0 Å². The maximum Gasteiger partial charge on any atom is 0.249 e. The quantitative estimate of drug-likeness (QED) is 0.0377. The second kappa shape index (κ2) is 32.4. The van der Waals surface area contributed by atoms with Crippen LogP contribution in [0.5, 0.6) is 0 Å². The summed E-state index contributed by atoms with van der Waals surface area (Å²) >= 11 is 0. The number of unbranched alkanes of at least 4 members (excludes halogenated alkanes) is 22. The van der Waals surface area contributed by atoms with Crippen LogP contribution < -0.4 is 5.32 Å². The zero-order valence-electron chi connectivity index (χ0n) is 28.5. The van der Waals surface area contributed by atoms with E-state index in [1.54, 1.807) is 0 Å². The monoisotopic (exact) mass is 612 g/mol. The lowest BCUT2D eigenvalue weighted by Gasteiger charge is -2.27. The minimum absolute atomic E-state index is 0.367. The summed E-state index contributed by atoms with van der Waals surface area (Å²) in [7, 11) is 0. The Bertz CT molecular complexity index is 614. The first kappa shape index (κ1) is 42.0. The molecule has 0 aliphatic rings. The summed E-state index contributed by atoms with van der Waals surface area (Å²) in [5.41, 5.74) is 0. The summed E-state index contributed by atoms with van der Waals surface area (Å²) in [4.78, 5) is 12.4. The van der Waals surface area contributed by atoms with Gasteiger partial charge < -0.3 is 25.7 Å². The Labute approximate surface area is 266 Å². The van der Waals surface area contributed by atoms with E-state index in [0.29, 0.717) is 12.8 Å². The number of allylic oxidation sites excluding steroid dienone is 2. The van der Waals surface area contributed by atoms with Gasteiger partial charge in [-0.15, -0.1) is 0 Å². The van der Waals surface area contributed by atoms with Gasteiger partial charge in [0, 0.05) is 0 Å². The van der Waals surface area contributed by atoms with Crippen molar-refractivity contribution in [3.8, 4) is 0 Å². The molecule has 0 heterocycles. The molecule has 6 heteroatoms. The number of aliphatic hydroxyl groups is 4. The van der Waals surface area contributed by atoms with E-state index in [1.165, 1.54) is 122 Å². The van der Waals surface area contributed by atoms with Gasteiger partial charge in [-0.05, 0) is 38.5 Å². The summed E-state index contributed by atoms with van der Waals surface area (Å²) in [5.74, 6) is -0.595. The summed E-state index contributed by atoms with van der Waals surface area (Å²) in [5, 5.41) is 43.2. The normalized spacial score (nSPS) is 14.7. The topological polar surface area (TPSA) is 110 Å². The second-order valence-electron chi connectivity index (χ2n) is 12.9. The minimum atomic E-state index is -1.27. The van der Waals surface area contributed by atoms with E-state index >= 15 is 0 Å². The Morgan fingerprint density at radius 1 is 0.558 bits per heavy atom. The van der Waals surface area contributed by atoms with Gasteiger partial charge in [0.25, 0.3) is 0 Å². The maximum absolute atomic E-state index is 12.4. The largest absolute Gasteiger partial charge is 0.394 e. The lowest BCUT2D eigenvalue weighted by atomic mass is 10.00. The van der Waals surface area contributed by atoms with Crippen LogP contribution in [0.3, 0.4) is 0 Å². The molecule has 43 heavy (non-hydrogen) atoms. The molecule has 1 amide bonds. The van der Waals surface area contributed by atoms with Crippen LogP contribution in [0.4, 0.5) is 0 Å². The molecule has 0 saturated carbocycles. The summed E-state index contributed by atoms with van der Waals surface area (Å²) in [6.07, 6.45) is 32.5. The summed E-state index contributed by atoms with van der Waals surface area (Å²) < 4.78 is 0. The van der Waals surface area contributed by atoms with Crippen LogP contribution >= 0.6 is 0 Å². The van der Waals surface area contributed by atoms with Gasteiger partial charge in [0.1, 0.15) is 12.2 Å². The second-order valence-corrected chi connectivity index (χ2v) is 12.9. The van der Waals surface area contributed by atoms with Gasteiger partial charge in [0.2, 0.25) is 5.91 Å². The Balaban J connectivity index is 3.73. The molecule has 4 unspecified atom stereocenters. The third-order valence-corrected chi connectivity index (χ3v) is 8.73. The fourth-order valence-corrected chi connectivity index (χ4v) is 5.70. The van der Waals surface area contributed by atoms with Gasteiger partial charge in [-0.2, -0.15) is 0 Å². The van der Waals surface area contributed by atoms with Crippen molar-refractivity contribution in [3.05, 3.63) is 12.2 Å². The predicted molar refractivity (Wildman–Crippen MR) is 182 cm³/mol. The highest BCUT2D eigenvalue weighted by Crippen LogP contribution is 2.16. The lowest BCUT2D eigenvalue weighted by Crippen LogP contribution is -2.53. The first-order valence-electron chi connectivity index (χ1n) is 18.6. The zero-order chi connectivity index (χ0) is 31.8. The third-order valence-electron chi connectivity index (χ3n) is 8.73. The lowest BCUT2D eigenvalue weighted by molar-refractivity contribution is -0.132. The van der Waals surface area contributed by atoms with Crippen LogP contribution in [-0.2, 0) is 4.79 Å². The smallest absolute Gasteiger partial charge is 0.249 e.